The van der Waals surface area contributed by atoms with Gasteiger partial charge in [-0.2, -0.15) is 0 Å². The first kappa shape index (κ1) is 13.4. The van der Waals surface area contributed by atoms with Crippen molar-refractivity contribution in [1.29, 1.82) is 0 Å². The van der Waals surface area contributed by atoms with Gasteiger partial charge in [0, 0.05) is 12.1 Å². The van der Waals surface area contributed by atoms with Crippen molar-refractivity contribution in [3.63, 3.8) is 0 Å². The zero-order valence-corrected chi connectivity index (χ0v) is 11.5. The fourth-order valence-corrected chi connectivity index (χ4v) is 3.94. The molecule has 2 nitrogen and oxygen atoms in total. The van der Waals surface area contributed by atoms with Gasteiger partial charge in [-0.15, -0.1) is 0 Å². The molecule has 2 aliphatic carbocycles. The van der Waals surface area contributed by atoms with E-state index in [0.717, 1.165) is 24.4 Å². The summed E-state index contributed by atoms with van der Waals surface area (Å²) >= 11 is 0. The van der Waals surface area contributed by atoms with Gasteiger partial charge in [-0.25, -0.2) is 0 Å². The molecule has 100 valence electrons. The van der Waals surface area contributed by atoms with Crippen LogP contribution < -0.4 is 11.1 Å². The number of hydrogen-bond donors (Lipinski definition) is 2. The summed E-state index contributed by atoms with van der Waals surface area (Å²) < 4.78 is 0. The summed E-state index contributed by atoms with van der Waals surface area (Å²) in [5.74, 6) is 1.68. The average Bonchev–Trinajstić information content (AvgIpc) is 2.84. The summed E-state index contributed by atoms with van der Waals surface area (Å²) in [5.41, 5.74) is 5.88. The zero-order chi connectivity index (χ0) is 12.1. The third-order valence-corrected chi connectivity index (χ3v) is 5.05. The summed E-state index contributed by atoms with van der Waals surface area (Å²) in [6.07, 6.45) is 12.6. The lowest BCUT2D eigenvalue weighted by Gasteiger charge is -2.34. The highest BCUT2D eigenvalue weighted by Gasteiger charge is 2.30. The Balaban J connectivity index is 1.85. The lowest BCUT2D eigenvalue weighted by atomic mass is 9.82. The molecule has 3 N–H and O–H groups in total. The SMILES string of the molecule is CCC(NC1CCCC1CN)C1CCCCC1. The Morgan fingerprint density at radius 2 is 1.82 bits per heavy atom. The van der Waals surface area contributed by atoms with Gasteiger partial charge < -0.3 is 11.1 Å². The Labute approximate surface area is 107 Å². The highest BCUT2D eigenvalue weighted by atomic mass is 15.0. The van der Waals surface area contributed by atoms with E-state index in [1.807, 2.05) is 0 Å². The maximum atomic E-state index is 5.88. The van der Waals surface area contributed by atoms with E-state index in [9.17, 15) is 0 Å². The van der Waals surface area contributed by atoms with Crippen LogP contribution in [0.25, 0.3) is 0 Å². The average molecular weight is 238 g/mol. The molecule has 0 bridgehead atoms. The fourth-order valence-electron chi connectivity index (χ4n) is 3.94. The molecule has 0 spiro atoms. The van der Waals surface area contributed by atoms with E-state index >= 15 is 0 Å². The lowest BCUT2D eigenvalue weighted by molar-refractivity contribution is 0.231. The summed E-state index contributed by atoms with van der Waals surface area (Å²) in [6.45, 7) is 3.22. The number of rotatable bonds is 5. The van der Waals surface area contributed by atoms with Crippen molar-refractivity contribution in [3.05, 3.63) is 0 Å². The van der Waals surface area contributed by atoms with Gasteiger partial charge in [0.2, 0.25) is 0 Å². The Bertz CT molecular complexity index is 211. The molecule has 0 aromatic carbocycles. The number of nitrogens with two attached hydrogens (primary N) is 1. The Morgan fingerprint density at radius 3 is 2.47 bits per heavy atom. The van der Waals surface area contributed by atoms with E-state index in [1.54, 1.807) is 0 Å². The van der Waals surface area contributed by atoms with Crippen LogP contribution in [0.3, 0.4) is 0 Å². The van der Waals surface area contributed by atoms with Crippen molar-refractivity contribution in [3.8, 4) is 0 Å². The minimum Gasteiger partial charge on any atom is -0.330 e. The Morgan fingerprint density at radius 1 is 1.06 bits per heavy atom. The second kappa shape index (κ2) is 6.75. The quantitative estimate of drug-likeness (QED) is 0.772. The third kappa shape index (κ3) is 3.45. The van der Waals surface area contributed by atoms with Gasteiger partial charge in [-0.05, 0) is 50.5 Å². The highest BCUT2D eigenvalue weighted by Crippen LogP contribution is 2.31. The maximum absolute atomic E-state index is 5.88. The molecule has 17 heavy (non-hydrogen) atoms. The van der Waals surface area contributed by atoms with E-state index in [4.69, 9.17) is 5.73 Å². The molecule has 0 aliphatic heterocycles. The van der Waals surface area contributed by atoms with Gasteiger partial charge >= 0.3 is 0 Å². The highest BCUT2D eigenvalue weighted by molar-refractivity contribution is 4.88. The predicted molar refractivity (Wildman–Crippen MR) is 74.0 cm³/mol. The van der Waals surface area contributed by atoms with Crippen LogP contribution in [-0.4, -0.2) is 18.6 Å². The smallest absolute Gasteiger partial charge is 0.0110 e. The number of hydrogen-bond acceptors (Lipinski definition) is 2. The first-order chi connectivity index (χ1) is 8.35. The molecule has 2 rings (SSSR count). The van der Waals surface area contributed by atoms with Crippen LogP contribution >= 0.6 is 0 Å². The van der Waals surface area contributed by atoms with Crippen molar-refractivity contribution < 1.29 is 0 Å². The fraction of sp³-hybridized carbons (Fsp3) is 1.00. The zero-order valence-electron chi connectivity index (χ0n) is 11.5. The minimum absolute atomic E-state index is 0.715. The summed E-state index contributed by atoms with van der Waals surface area (Å²) in [4.78, 5) is 0. The molecular weight excluding hydrogens is 208 g/mol. The topological polar surface area (TPSA) is 38.0 Å². The summed E-state index contributed by atoms with van der Waals surface area (Å²) in [5, 5.41) is 3.96. The third-order valence-electron chi connectivity index (χ3n) is 5.05. The molecule has 0 aromatic rings. The molecule has 3 unspecified atom stereocenters. The molecule has 2 fully saturated rings. The Hall–Kier alpha value is -0.0800. The first-order valence-electron chi connectivity index (χ1n) is 7.81. The molecule has 2 saturated carbocycles. The molecule has 0 amide bonds. The molecule has 0 radical (unpaired) electrons. The largest absolute Gasteiger partial charge is 0.330 e. The normalized spacial score (nSPS) is 32.8. The molecular formula is C15H30N2. The van der Waals surface area contributed by atoms with Crippen LogP contribution in [0.4, 0.5) is 0 Å². The molecule has 2 heteroatoms. The second-order valence-electron chi connectivity index (χ2n) is 6.11. The van der Waals surface area contributed by atoms with Crippen molar-refractivity contribution in [2.24, 2.45) is 17.6 Å². The summed E-state index contributed by atoms with van der Waals surface area (Å²) in [6, 6.07) is 1.47. The summed E-state index contributed by atoms with van der Waals surface area (Å²) in [7, 11) is 0. The first-order valence-corrected chi connectivity index (χ1v) is 7.81. The maximum Gasteiger partial charge on any atom is 0.0110 e. The van der Waals surface area contributed by atoms with E-state index in [-0.39, 0.29) is 0 Å². The lowest BCUT2D eigenvalue weighted by Crippen LogP contribution is -2.46. The molecule has 0 heterocycles. The standard InChI is InChI=1S/C15H30N2/c1-2-14(12-7-4-3-5-8-12)17-15-10-6-9-13(15)11-16/h12-15,17H,2-11,16H2,1H3. The van der Waals surface area contributed by atoms with Crippen LogP contribution in [0.2, 0.25) is 0 Å². The minimum atomic E-state index is 0.715. The molecule has 0 saturated heterocycles. The van der Waals surface area contributed by atoms with Gasteiger partial charge in [-0.3, -0.25) is 0 Å². The Kier molecular flexibility index (Phi) is 5.30. The van der Waals surface area contributed by atoms with Crippen LogP contribution in [0.15, 0.2) is 0 Å². The van der Waals surface area contributed by atoms with E-state index in [1.165, 1.54) is 57.8 Å². The van der Waals surface area contributed by atoms with Crippen molar-refractivity contribution >= 4 is 0 Å². The van der Waals surface area contributed by atoms with Crippen LogP contribution in [-0.2, 0) is 0 Å². The van der Waals surface area contributed by atoms with Gasteiger partial charge in [0.25, 0.3) is 0 Å². The second-order valence-corrected chi connectivity index (χ2v) is 6.11. The van der Waals surface area contributed by atoms with Crippen molar-refractivity contribution in [2.45, 2.75) is 76.8 Å². The number of nitrogens with one attached hydrogen (secondary N) is 1. The van der Waals surface area contributed by atoms with E-state index < -0.39 is 0 Å². The van der Waals surface area contributed by atoms with Gasteiger partial charge in [0.15, 0.2) is 0 Å². The van der Waals surface area contributed by atoms with Crippen LogP contribution in [0, 0.1) is 11.8 Å². The van der Waals surface area contributed by atoms with Crippen molar-refractivity contribution in [2.75, 3.05) is 6.54 Å². The van der Waals surface area contributed by atoms with E-state index in [0.29, 0.717) is 6.04 Å². The van der Waals surface area contributed by atoms with Gasteiger partial charge in [-0.1, -0.05) is 32.6 Å². The predicted octanol–water partition coefficient (Wildman–Crippen LogP) is 3.06. The molecule has 3 atom stereocenters. The molecule has 2 aliphatic rings. The van der Waals surface area contributed by atoms with Crippen LogP contribution in [0.1, 0.15) is 64.7 Å². The monoisotopic (exact) mass is 238 g/mol. The van der Waals surface area contributed by atoms with Crippen molar-refractivity contribution in [1.82, 2.24) is 5.32 Å². The van der Waals surface area contributed by atoms with E-state index in [2.05, 4.69) is 12.2 Å². The van der Waals surface area contributed by atoms with Crippen LogP contribution in [0.5, 0.6) is 0 Å². The van der Waals surface area contributed by atoms with Gasteiger partial charge in [0.1, 0.15) is 0 Å². The molecule has 0 aromatic heterocycles. The van der Waals surface area contributed by atoms with Gasteiger partial charge in [0.05, 0.1) is 0 Å².